The number of benzene rings is 2. The number of halogens is 2. The molecule has 0 unspecified atom stereocenters. The van der Waals surface area contributed by atoms with Crippen molar-refractivity contribution in [2.45, 2.75) is 6.54 Å². The molecule has 100 valence electrons. The molecule has 0 N–H and O–H groups in total. The highest BCUT2D eigenvalue weighted by molar-refractivity contribution is 6.33. The first-order valence-corrected chi connectivity index (χ1v) is 6.75. The number of hydrogen-bond acceptors (Lipinski definition) is 3. The van der Waals surface area contributed by atoms with Crippen LogP contribution in [0.4, 0.5) is 0 Å². The third-order valence-corrected chi connectivity index (χ3v) is 3.39. The van der Waals surface area contributed by atoms with Gasteiger partial charge in [-0.3, -0.25) is 0 Å². The van der Waals surface area contributed by atoms with Gasteiger partial charge in [-0.15, -0.1) is 10.2 Å². The lowest BCUT2D eigenvalue weighted by Gasteiger charge is -1.99. The predicted molar refractivity (Wildman–Crippen MR) is 78.8 cm³/mol. The van der Waals surface area contributed by atoms with Gasteiger partial charge in [-0.2, -0.15) is 4.80 Å². The van der Waals surface area contributed by atoms with Crippen molar-refractivity contribution in [3.05, 3.63) is 64.1 Å². The summed E-state index contributed by atoms with van der Waals surface area (Å²) in [5, 5.41) is 13.7. The molecule has 3 rings (SSSR count). The Morgan fingerprint density at radius 2 is 1.70 bits per heavy atom. The molecule has 0 saturated carbocycles. The fraction of sp³-hybridized carbons (Fsp3) is 0.0714. The molecular formula is C14H10Cl2N4. The van der Waals surface area contributed by atoms with Gasteiger partial charge in [0.2, 0.25) is 5.82 Å². The lowest BCUT2D eigenvalue weighted by molar-refractivity contribution is 0.573. The van der Waals surface area contributed by atoms with E-state index in [0.717, 1.165) is 11.1 Å². The zero-order chi connectivity index (χ0) is 13.9. The summed E-state index contributed by atoms with van der Waals surface area (Å²) in [6, 6.07) is 15.0. The van der Waals surface area contributed by atoms with Crippen LogP contribution in [0.5, 0.6) is 0 Å². The smallest absolute Gasteiger partial charge is 0.159 e. The maximum Gasteiger partial charge on any atom is 0.206 e. The average molecular weight is 305 g/mol. The quantitative estimate of drug-likeness (QED) is 0.741. The number of aromatic nitrogens is 4. The van der Waals surface area contributed by atoms with Crippen LogP contribution in [0.25, 0.3) is 11.4 Å². The number of tetrazole rings is 1. The summed E-state index contributed by atoms with van der Waals surface area (Å²) in [5.41, 5.74) is 1.83. The van der Waals surface area contributed by atoms with Gasteiger partial charge < -0.3 is 0 Å². The highest BCUT2D eigenvalue weighted by Gasteiger charge is 2.09. The lowest BCUT2D eigenvalue weighted by atomic mass is 10.2. The summed E-state index contributed by atoms with van der Waals surface area (Å²) >= 11 is 12.0. The molecule has 2 aromatic carbocycles. The van der Waals surface area contributed by atoms with E-state index in [9.17, 15) is 0 Å². The Bertz CT molecular complexity index is 722. The van der Waals surface area contributed by atoms with E-state index in [0.29, 0.717) is 22.4 Å². The molecule has 0 atom stereocenters. The van der Waals surface area contributed by atoms with Gasteiger partial charge in [-0.1, -0.05) is 47.5 Å². The molecule has 0 aliphatic rings. The van der Waals surface area contributed by atoms with Gasteiger partial charge in [0.05, 0.1) is 11.6 Å². The van der Waals surface area contributed by atoms with Crippen LogP contribution in [0.15, 0.2) is 48.5 Å². The van der Waals surface area contributed by atoms with Crippen LogP contribution >= 0.6 is 23.2 Å². The summed E-state index contributed by atoms with van der Waals surface area (Å²) in [6.45, 7) is 0.536. The molecule has 0 spiro atoms. The molecule has 0 fully saturated rings. The summed E-state index contributed by atoms with van der Waals surface area (Å²) in [4.78, 5) is 1.53. The van der Waals surface area contributed by atoms with Crippen molar-refractivity contribution >= 4 is 23.2 Å². The molecule has 1 aromatic heterocycles. The normalized spacial score (nSPS) is 10.7. The number of rotatable bonds is 3. The first-order chi connectivity index (χ1) is 9.72. The predicted octanol–water partition coefficient (Wildman–Crippen LogP) is 3.70. The minimum Gasteiger partial charge on any atom is -0.159 e. The zero-order valence-corrected chi connectivity index (χ0v) is 11.9. The molecule has 0 bridgehead atoms. The van der Waals surface area contributed by atoms with E-state index in [-0.39, 0.29) is 0 Å². The maximum absolute atomic E-state index is 6.11. The molecule has 0 aliphatic heterocycles. The van der Waals surface area contributed by atoms with E-state index in [4.69, 9.17) is 23.2 Å². The van der Waals surface area contributed by atoms with Crippen LogP contribution in [0.3, 0.4) is 0 Å². The van der Waals surface area contributed by atoms with E-state index >= 15 is 0 Å². The Labute approximate surface area is 126 Å². The molecular weight excluding hydrogens is 295 g/mol. The molecule has 4 nitrogen and oxygen atoms in total. The van der Waals surface area contributed by atoms with Gasteiger partial charge in [0.25, 0.3) is 0 Å². The van der Waals surface area contributed by atoms with Gasteiger partial charge in [-0.05, 0) is 35.0 Å². The van der Waals surface area contributed by atoms with Crippen molar-refractivity contribution < 1.29 is 0 Å². The standard InChI is InChI=1S/C14H10Cl2N4/c15-11-7-5-10(6-8-11)9-20-18-14(17-19-20)12-3-1-2-4-13(12)16/h1-8H,9H2. The zero-order valence-electron chi connectivity index (χ0n) is 10.4. The fourth-order valence-corrected chi connectivity index (χ4v) is 2.16. The molecule has 0 saturated heterocycles. The minimum absolute atomic E-state index is 0.518. The number of nitrogens with zero attached hydrogens (tertiary/aromatic N) is 4. The van der Waals surface area contributed by atoms with Crippen LogP contribution in [0, 0.1) is 0 Å². The van der Waals surface area contributed by atoms with Crippen LogP contribution in [0.2, 0.25) is 10.0 Å². The summed E-state index contributed by atoms with van der Waals surface area (Å²) in [6.07, 6.45) is 0. The molecule has 1 heterocycles. The summed E-state index contributed by atoms with van der Waals surface area (Å²) < 4.78 is 0. The molecule has 0 radical (unpaired) electrons. The highest BCUT2D eigenvalue weighted by Crippen LogP contribution is 2.23. The van der Waals surface area contributed by atoms with E-state index in [1.807, 2.05) is 42.5 Å². The largest absolute Gasteiger partial charge is 0.206 e. The van der Waals surface area contributed by atoms with Crippen LogP contribution < -0.4 is 0 Å². The van der Waals surface area contributed by atoms with E-state index in [1.165, 1.54) is 4.80 Å². The Morgan fingerprint density at radius 3 is 2.45 bits per heavy atom. The fourth-order valence-electron chi connectivity index (χ4n) is 1.81. The molecule has 3 aromatic rings. The molecule has 6 heteroatoms. The van der Waals surface area contributed by atoms with Gasteiger partial charge >= 0.3 is 0 Å². The van der Waals surface area contributed by atoms with Crippen LogP contribution in [-0.4, -0.2) is 20.2 Å². The summed E-state index contributed by atoms with van der Waals surface area (Å²) in [7, 11) is 0. The Morgan fingerprint density at radius 1 is 0.950 bits per heavy atom. The van der Waals surface area contributed by atoms with E-state index in [2.05, 4.69) is 15.4 Å². The second-order valence-corrected chi connectivity index (χ2v) is 5.09. The number of hydrogen-bond donors (Lipinski definition) is 0. The minimum atomic E-state index is 0.518. The highest BCUT2D eigenvalue weighted by atomic mass is 35.5. The molecule has 0 amide bonds. The maximum atomic E-state index is 6.11. The van der Waals surface area contributed by atoms with Gasteiger partial charge in [0, 0.05) is 10.6 Å². The first kappa shape index (κ1) is 13.1. The van der Waals surface area contributed by atoms with Crippen molar-refractivity contribution in [3.8, 4) is 11.4 Å². The van der Waals surface area contributed by atoms with Gasteiger partial charge in [-0.25, -0.2) is 0 Å². The summed E-state index contributed by atoms with van der Waals surface area (Å²) in [5.74, 6) is 0.518. The van der Waals surface area contributed by atoms with Crippen LogP contribution in [-0.2, 0) is 6.54 Å². The average Bonchev–Trinajstić information content (AvgIpc) is 2.90. The van der Waals surface area contributed by atoms with Gasteiger partial charge in [0.1, 0.15) is 0 Å². The van der Waals surface area contributed by atoms with E-state index < -0.39 is 0 Å². The van der Waals surface area contributed by atoms with E-state index in [1.54, 1.807) is 6.07 Å². The first-order valence-electron chi connectivity index (χ1n) is 5.99. The van der Waals surface area contributed by atoms with Crippen molar-refractivity contribution in [2.75, 3.05) is 0 Å². The van der Waals surface area contributed by atoms with Crippen molar-refractivity contribution in [1.82, 2.24) is 20.2 Å². The molecule has 20 heavy (non-hydrogen) atoms. The van der Waals surface area contributed by atoms with Crippen molar-refractivity contribution in [1.29, 1.82) is 0 Å². The SMILES string of the molecule is Clc1ccc(Cn2nnc(-c3ccccc3Cl)n2)cc1. The Balaban J connectivity index is 1.84. The Hall–Kier alpha value is -1.91. The second kappa shape index (κ2) is 5.61. The third kappa shape index (κ3) is 2.81. The Kier molecular flexibility index (Phi) is 3.67. The van der Waals surface area contributed by atoms with Crippen LogP contribution in [0.1, 0.15) is 5.56 Å². The third-order valence-electron chi connectivity index (χ3n) is 2.80. The monoisotopic (exact) mass is 304 g/mol. The van der Waals surface area contributed by atoms with Crippen molar-refractivity contribution in [2.24, 2.45) is 0 Å². The second-order valence-electron chi connectivity index (χ2n) is 4.25. The lowest BCUT2D eigenvalue weighted by Crippen LogP contribution is -2.03. The van der Waals surface area contributed by atoms with Gasteiger partial charge in [0.15, 0.2) is 0 Å². The topological polar surface area (TPSA) is 43.6 Å². The molecule has 0 aliphatic carbocycles. The van der Waals surface area contributed by atoms with Crippen molar-refractivity contribution in [3.63, 3.8) is 0 Å².